The summed E-state index contributed by atoms with van der Waals surface area (Å²) in [4.78, 5) is 17.7. The fourth-order valence-electron chi connectivity index (χ4n) is 3.64. The van der Waals surface area contributed by atoms with E-state index < -0.39 is 15.6 Å². The molecule has 0 amide bonds. The Labute approximate surface area is 185 Å². The molecule has 4 N–H and O–H groups in total. The van der Waals surface area contributed by atoms with Crippen molar-refractivity contribution in [2.24, 2.45) is 10.9 Å². The number of pyridine rings is 1. The van der Waals surface area contributed by atoms with Gasteiger partial charge in [0.2, 0.25) is 0 Å². The van der Waals surface area contributed by atoms with Crippen LogP contribution in [0.25, 0.3) is 10.9 Å². The Kier molecular flexibility index (Phi) is 5.33. The molecule has 0 saturated carbocycles. The largest absolute Gasteiger partial charge is 0.506 e. The lowest BCUT2D eigenvalue weighted by molar-refractivity contribution is 0.413. The number of aromatic hydroxyl groups is 1. The SMILES string of the molecule is COc1ccc2c(c1)S(=O)(=O)NC(c1c(O)c3cc(N)ccc3n(CCC(C)C)c1=O)=N2. The quantitative estimate of drug-likeness (QED) is 0.505. The minimum Gasteiger partial charge on any atom is -0.506 e. The van der Waals surface area contributed by atoms with Crippen molar-refractivity contribution in [2.45, 2.75) is 31.7 Å². The summed E-state index contributed by atoms with van der Waals surface area (Å²) in [5.41, 5.74) is 6.19. The second-order valence-corrected chi connectivity index (χ2v) is 9.69. The number of nitrogen functional groups attached to an aromatic ring is 1. The summed E-state index contributed by atoms with van der Waals surface area (Å²) in [6.45, 7) is 4.46. The molecule has 0 bridgehead atoms. The Hall–Kier alpha value is -3.53. The normalized spacial score (nSPS) is 14.7. The molecule has 0 aliphatic carbocycles. The summed E-state index contributed by atoms with van der Waals surface area (Å²) in [5.74, 6) is 0.0625. The van der Waals surface area contributed by atoms with E-state index in [4.69, 9.17) is 10.5 Å². The summed E-state index contributed by atoms with van der Waals surface area (Å²) in [7, 11) is -2.62. The van der Waals surface area contributed by atoms with Crippen LogP contribution < -0.4 is 20.8 Å². The van der Waals surface area contributed by atoms with Gasteiger partial charge in [0, 0.05) is 23.7 Å². The molecule has 4 rings (SSSR count). The summed E-state index contributed by atoms with van der Waals surface area (Å²) in [5, 5.41) is 11.3. The minimum absolute atomic E-state index is 0.0785. The number of hydrogen-bond acceptors (Lipinski definition) is 7. The maximum Gasteiger partial charge on any atom is 0.265 e. The number of ether oxygens (including phenoxy) is 1. The molecule has 1 aliphatic heterocycles. The smallest absolute Gasteiger partial charge is 0.265 e. The number of rotatable bonds is 5. The average Bonchev–Trinajstić information content (AvgIpc) is 2.73. The van der Waals surface area contributed by atoms with Crippen LogP contribution in [0.4, 0.5) is 11.4 Å². The van der Waals surface area contributed by atoms with E-state index >= 15 is 0 Å². The highest BCUT2D eigenvalue weighted by atomic mass is 32.2. The molecule has 0 unspecified atom stereocenters. The Morgan fingerprint density at radius 1 is 1.22 bits per heavy atom. The number of aryl methyl sites for hydroxylation is 1. The molecule has 0 saturated heterocycles. The van der Waals surface area contributed by atoms with Crippen molar-refractivity contribution in [1.29, 1.82) is 0 Å². The number of nitrogens with two attached hydrogens (primary N) is 1. The highest BCUT2D eigenvalue weighted by Crippen LogP contribution is 2.34. The number of amidine groups is 1. The lowest BCUT2D eigenvalue weighted by Gasteiger charge is -2.21. The number of nitrogens with one attached hydrogen (secondary N) is 1. The second kappa shape index (κ2) is 7.86. The standard InChI is InChI=1S/C22H24N4O5S/c1-12(2)8-9-26-17-7-4-13(23)10-15(17)20(27)19(22(26)28)21-24-16-6-5-14(31-3)11-18(16)32(29,30)25-21/h4-7,10-12,27H,8-9,23H2,1-3H3,(H,24,25). The lowest BCUT2D eigenvalue weighted by Crippen LogP contribution is -2.39. The van der Waals surface area contributed by atoms with E-state index in [1.54, 1.807) is 24.3 Å². The molecule has 0 fully saturated rings. The fraction of sp³-hybridized carbons (Fsp3) is 0.273. The highest BCUT2D eigenvalue weighted by Gasteiger charge is 2.31. The van der Waals surface area contributed by atoms with E-state index in [-0.39, 0.29) is 27.7 Å². The van der Waals surface area contributed by atoms with Gasteiger partial charge in [-0.2, -0.15) is 0 Å². The second-order valence-electron chi connectivity index (χ2n) is 8.04. The van der Waals surface area contributed by atoms with Gasteiger partial charge in [0.15, 0.2) is 5.84 Å². The first-order valence-corrected chi connectivity index (χ1v) is 11.6. The van der Waals surface area contributed by atoms with Crippen LogP contribution >= 0.6 is 0 Å². The zero-order chi connectivity index (χ0) is 23.2. The molecule has 1 aliphatic rings. The predicted octanol–water partition coefficient (Wildman–Crippen LogP) is 2.71. The van der Waals surface area contributed by atoms with Gasteiger partial charge in [0.05, 0.1) is 18.3 Å². The number of aromatic nitrogens is 1. The number of aliphatic imine (C=N–C) groups is 1. The maximum absolute atomic E-state index is 13.5. The van der Waals surface area contributed by atoms with Crippen LogP contribution in [-0.4, -0.2) is 31.0 Å². The van der Waals surface area contributed by atoms with Crippen LogP contribution in [0.3, 0.4) is 0 Å². The number of hydrogen-bond donors (Lipinski definition) is 3. The molecule has 3 aromatic rings. The number of nitrogens with zero attached hydrogens (tertiary/aromatic N) is 2. The van der Waals surface area contributed by atoms with Gasteiger partial charge >= 0.3 is 0 Å². The van der Waals surface area contributed by atoms with Gasteiger partial charge in [-0.05, 0) is 42.7 Å². The molecule has 0 spiro atoms. The van der Waals surface area contributed by atoms with Gasteiger partial charge in [0.25, 0.3) is 15.6 Å². The number of methoxy groups -OCH3 is 1. The van der Waals surface area contributed by atoms with E-state index in [1.165, 1.54) is 23.8 Å². The van der Waals surface area contributed by atoms with Crippen molar-refractivity contribution < 1.29 is 18.3 Å². The predicted molar refractivity (Wildman–Crippen MR) is 123 cm³/mol. The molecule has 10 heteroatoms. The Bertz CT molecular complexity index is 1420. The van der Waals surface area contributed by atoms with Gasteiger partial charge in [-0.1, -0.05) is 13.8 Å². The van der Waals surface area contributed by atoms with E-state index in [1.807, 2.05) is 13.8 Å². The van der Waals surface area contributed by atoms with Crippen molar-refractivity contribution in [2.75, 3.05) is 12.8 Å². The fourth-order valence-corrected chi connectivity index (χ4v) is 4.82. The molecular weight excluding hydrogens is 432 g/mol. The molecule has 0 atom stereocenters. The van der Waals surface area contributed by atoms with E-state index in [0.717, 1.165) is 0 Å². The third-order valence-electron chi connectivity index (χ3n) is 5.35. The third kappa shape index (κ3) is 3.66. The Balaban J connectivity index is 2.00. The number of benzene rings is 2. The van der Waals surface area contributed by atoms with Crippen LogP contribution in [0.2, 0.25) is 0 Å². The van der Waals surface area contributed by atoms with E-state index in [9.17, 15) is 18.3 Å². The van der Waals surface area contributed by atoms with Crippen molar-refractivity contribution in [3.05, 3.63) is 52.3 Å². The molecule has 0 radical (unpaired) electrons. The Morgan fingerprint density at radius 3 is 2.66 bits per heavy atom. The number of anilines is 1. The van der Waals surface area contributed by atoms with Gasteiger partial charge in [-0.15, -0.1) is 0 Å². The van der Waals surface area contributed by atoms with E-state index in [2.05, 4.69) is 9.71 Å². The van der Waals surface area contributed by atoms with Crippen LogP contribution in [0.1, 0.15) is 25.8 Å². The van der Waals surface area contributed by atoms with Crippen molar-refractivity contribution in [3.63, 3.8) is 0 Å². The summed E-state index contributed by atoms with van der Waals surface area (Å²) < 4.78 is 34.8. The van der Waals surface area contributed by atoms with Crippen LogP contribution in [-0.2, 0) is 16.6 Å². The lowest BCUT2D eigenvalue weighted by atomic mass is 10.1. The zero-order valence-corrected chi connectivity index (χ0v) is 18.7. The minimum atomic E-state index is -4.05. The summed E-state index contributed by atoms with van der Waals surface area (Å²) in [6.07, 6.45) is 0.713. The molecular formula is C22H24N4O5S. The third-order valence-corrected chi connectivity index (χ3v) is 6.72. The van der Waals surface area contributed by atoms with Crippen LogP contribution in [0, 0.1) is 5.92 Å². The first-order valence-electron chi connectivity index (χ1n) is 10.1. The highest BCUT2D eigenvalue weighted by molar-refractivity contribution is 7.90. The molecule has 168 valence electrons. The first kappa shape index (κ1) is 21.7. The number of sulfonamides is 1. The van der Waals surface area contributed by atoms with Gasteiger partial charge in [-0.25, -0.2) is 13.4 Å². The van der Waals surface area contributed by atoms with Crippen molar-refractivity contribution in [3.8, 4) is 11.5 Å². The Morgan fingerprint density at radius 2 is 1.97 bits per heavy atom. The molecule has 2 aromatic carbocycles. The molecule has 9 nitrogen and oxygen atoms in total. The van der Waals surface area contributed by atoms with Gasteiger partial charge < -0.3 is 20.1 Å². The summed E-state index contributed by atoms with van der Waals surface area (Å²) >= 11 is 0. The topological polar surface area (TPSA) is 136 Å². The van der Waals surface area contributed by atoms with E-state index in [0.29, 0.717) is 41.2 Å². The zero-order valence-electron chi connectivity index (χ0n) is 17.9. The molecule has 2 heterocycles. The molecule has 32 heavy (non-hydrogen) atoms. The average molecular weight is 457 g/mol. The van der Waals surface area contributed by atoms with Crippen LogP contribution in [0.15, 0.2) is 51.1 Å². The van der Waals surface area contributed by atoms with Gasteiger partial charge in [-0.3, -0.25) is 9.52 Å². The van der Waals surface area contributed by atoms with Crippen molar-refractivity contribution in [1.82, 2.24) is 9.29 Å². The number of fused-ring (bicyclic) bond motifs is 2. The van der Waals surface area contributed by atoms with Crippen molar-refractivity contribution >= 4 is 38.1 Å². The van der Waals surface area contributed by atoms with Crippen LogP contribution in [0.5, 0.6) is 11.5 Å². The monoisotopic (exact) mass is 456 g/mol. The molecule has 1 aromatic heterocycles. The maximum atomic E-state index is 13.5. The first-order chi connectivity index (χ1) is 15.1. The van der Waals surface area contributed by atoms with Gasteiger partial charge in [0.1, 0.15) is 22.0 Å². The summed E-state index contributed by atoms with van der Waals surface area (Å²) in [6, 6.07) is 9.28.